The van der Waals surface area contributed by atoms with Gasteiger partial charge in [-0.05, 0) is 37.6 Å². The van der Waals surface area contributed by atoms with Gasteiger partial charge in [-0.1, -0.05) is 6.07 Å². The molecule has 0 bridgehead atoms. The zero-order chi connectivity index (χ0) is 16.3. The van der Waals surface area contributed by atoms with E-state index in [9.17, 15) is 13.6 Å². The molecule has 0 aliphatic carbocycles. The second-order valence-corrected chi connectivity index (χ2v) is 5.68. The summed E-state index contributed by atoms with van der Waals surface area (Å²) in [6.07, 6.45) is 0. The topological polar surface area (TPSA) is 62.1 Å². The number of ether oxygens (including phenoxy) is 1. The van der Waals surface area contributed by atoms with Crippen LogP contribution < -0.4 is 10.1 Å². The molecule has 0 fully saturated rings. The third-order valence-corrected chi connectivity index (χ3v) is 4.17. The molecule has 4 nitrogen and oxygen atoms in total. The second kappa shape index (κ2) is 6.54. The minimum atomic E-state index is -2.95. The number of hydrogen-bond donors (Lipinski definition) is 1. The van der Waals surface area contributed by atoms with E-state index in [0.717, 1.165) is 10.4 Å². The van der Waals surface area contributed by atoms with Crippen molar-refractivity contribution in [2.45, 2.75) is 20.5 Å². The van der Waals surface area contributed by atoms with Gasteiger partial charge in [0, 0.05) is 10.4 Å². The van der Waals surface area contributed by atoms with Gasteiger partial charge < -0.3 is 10.1 Å². The fourth-order valence-electron chi connectivity index (χ4n) is 1.84. The monoisotopic (exact) mass is 322 g/mol. The molecule has 2 aromatic rings. The summed E-state index contributed by atoms with van der Waals surface area (Å²) < 4.78 is 28.6. The van der Waals surface area contributed by atoms with Gasteiger partial charge in [0.25, 0.3) is 5.91 Å². The van der Waals surface area contributed by atoms with E-state index in [1.165, 1.54) is 35.6 Å². The summed E-state index contributed by atoms with van der Waals surface area (Å²) in [5.41, 5.74) is 1.40. The molecule has 0 unspecified atom stereocenters. The molecule has 1 aromatic carbocycles. The number of thiophene rings is 1. The Morgan fingerprint density at radius 1 is 1.41 bits per heavy atom. The number of aryl methyl sites for hydroxylation is 1. The van der Waals surface area contributed by atoms with Crippen LogP contribution >= 0.6 is 11.3 Å². The van der Waals surface area contributed by atoms with Crippen molar-refractivity contribution in [1.29, 1.82) is 5.26 Å². The lowest BCUT2D eigenvalue weighted by molar-refractivity contribution is -0.0498. The van der Waals surface area contributed by atoms with E-state index in [4.69, 9.17) is 5.26 Å². The molecular weight excluding hydrogens is 310 g/mol. The van der Waals surface area contributed by atoms with Gasteiger partial charge in [0.1, 0.15) is 16.8 Å². The van der Waals surface area contributed by atoms with E-state index >= 15 is 0 Å². The number of halogens is 2. The lowest BCUT2D eigenvalue weighted by Gasteiger charge is -2.07. The molecule has 1 amide bonds. The molecule has 0 radical (unpaired) electrons. The molecule has 0 saturated carbocycles. The number of benzene rings is 1. The summed E-state index contributed by atoms with van der Waals surface area (Å²) in [7, 11) is 0. The van der Waals surface area contributed by atoms with Gasteiger partial charge in [0.2, 0.25) is 0 Å². The van der Waals surface area contributed by atoms with Gasteiger partial charge >= 0.3 is 6.61 Å². The van der Waals surface area contributed by atoms with E-state index in [-0.39, 0.29) is 11.3 Å². The summed E-state index contributed by atoms with van der Waals surface area (Å²) in [5, 5.41) is 12.2. The Bertz CT molecular complexity index is 750. The van der Waals surface area contributed by atoms with Crippen molar-refractivity contribution in [3.05, 3.63) is 45.8 Å². The molecule has 1 N–H and O–H groups in total. The van der Waals surface area contributed by atoms with E-state index in [2.05, 4.69) is 16.1 Å². The molecule has 22 heavy (non-hydrogen) atoms. The van der Waals surface area contributed by atoms with Gasteiger partial charge in [0.15, 0.2) is 0 Å². The summed E-state index contributed by atoms with van der Waals surface area (Å²) in [5.74, 6) is -0.584. The molecule has 0 atom stereocenters. The number of alkyl halides is 2. The molecule has 114 valence electrons. The first-order chi connectivity index (χ1) is 10.4. The van der Waals surface area contributed by atoms with Crippen molar-refractivity contribution in [1.82, 2.24) is 0 Å². The third-order valence-electron chi connectivity index (χ3n) is 3.05. The fourth-order valence-corrected chi connectivity index (χ4v) is 2.84. The number of nitriles is 1. The van der Waals surface area contributed by atoms with E-state index in [1.54, 1.807) is 6.92 Å². The Morgan fingerprint density at radius 2 is 2.14 bits per heavy atom. The van der Waals surface area contributed by atoms with Crippen LogP contribution in [0.3, 0.4) is 0 Å². The van der Waals surface area contributed by atoms with Crippen LogP contribution in [-0.4, -0.2) is 12.5 Å². The van der Waals surface area contributed by atoms with Crippen molar-refractivity contribution in [3.8, 4) is 11.8 Å². The van der Waals surface area contributed by atoms with Gasteiger partial charge in [-0.15, -0.1) is 11.3 Å². The molecule has 7 heteroatoms. The number of amides is 1. The number of carbonyl (C=O) groups excluding carboxylic acids is 1. The van der Waals surface area contributed by atoms with E-state index in [1.807, 2.05) is 6.92 Å². The maximum atomic E-state index is 12.2. The minimum absolute atomic E-state index is 0.0957. The number of carbonyl (C=O) groups is 1. The predicted octanol–water partition coefficient (Wildman–Crippen LogP) is 4.09. The number of hydrogen-bond acceptors (Lipinski definition) is 4. The van der Waals surface area contributed by atoms with Crippen LogP contribution in [0.15, 0.2) is 24.3 Å². The standard InChI is InChI=1S/C15H12F2N2O2S/c1-8-9(2)22-14(12(8)7-18)19-13(20)10-4-3-5-11(6-10)21-15(16)17/h3-6,15H,1-2H3,(H,19,20). The summed E-state index contributed by atoms with van der Waals surface area (Å²) >= 11 is 1.30. The zero-order valence-corrected chi connectivity index (χ0v) is 12.6. The van der Waals surface area contributed by atoms with Crippen molar-refractivity contribution in [2.24, 2.45) is 0 Å². The normalized spacial score (nSPS) is 10.4. The fraction of sp³-hybridized carbons (Fsp3) is 0.200. The molecular formula is C15H12F2N2O2S. The smallest absolute Gasteiger partial charge is 0.387 e. The lowest BCUT2D eigenvalue weighted by Crippen LogP contribution is -2.12. The Hall–Kier alpha value is -2.46. The van der Waals surface area contributed by atoms with Crippen LogP contribution in [-0.2, 0) is 0 Å². The lowest BCUT2D eigenvalue weighted by atomic mass is 10.1. The van der Waals surface area contributed by atoms with Crippen LogP contribution in [0.5, 0.6) is 5.75 Å². The van der Waals surface area contributed by atoms with Gasteiger partial charge in [-0.25, -0.2) is 0 Å². The largest absolute Gasteiger partial charge is 0.435 e. The van der Waals surface area contributed by atoms with Crippen LogP contribution in [0.2, 0.25) is 0 Å². The van der Waals surface area contributed by atoms with E-state index < -0.39 is 12.5 Å². The Labute approximate surface area is 130 Å². The van der Waals surface area contributed by atoms with Crippen LogP contribution in [0.25, 0.3) is 0 Å². The van der Waals surface area contributed by atoms with Crippen molar-refractivity contribution in [3.63, 3.8) is 0 Å². The quantitative estimate of drug-likeness (QED) is 0.922. The average molecular weight is 322 g/mol. The average Bonchev–Trinajstić information content (AvgIpc) is 2.72. The molecule has 0 spiro atoms. The highest BCUT2D eigenvalue weighted by Gasteiger charge is 2.16. The highest BCUT2D eigenvalue weighted by Crippen LogP contribution is 2.32. The summed E-state index contributed by atoms with van der Waals surface area (Å²) in [6, 6.07) is 7.54. The second-order valence-electron chi connectivity index (χ2n) is 4.46. The number of nitrogens with zero attached hydrogens (tertiary/aromatic N) is 1. The highest BCUT2D eigenvalue weighted by molar-refractivity contribution is 7.16. The van der Waals surface area contributed by atoms with Crippen LogP contribution in [0, 0.1) is 25.2 Å². The molecule has 1 aromatic heterocycles. The maximum absolute atomic E-state index is 12.2. The third kappa shape index (κ3) is 3.40. The number of rotatable bonds is 4. The summed E-state index contributed by atoms with van der Waals surface area (Å²) in [4.78, 5) is 13.1. The van der Waals surface area contributed by atoms with Crippen LogP contribution in [0.4, 0.5) is 13.8 Å². The van der Waals surface area contributed by atoms with Gasteiger partial charge in [-0.2, -0.15) is 14.0 Å². The molecule has 0 aliphatic heterocycles. The zero-order valence-electron chi connectivity index (χ0n) is 11.8. The molecule has 1 heterocycles. The Morgan fingerprint density at radius 3 is 2.77 bits per heavy atom. The van der Waals surface area contributed by atoms with Crippen molar-refractivity contribution in [2.75, 3.05) is 5.32 Å². The van der Waals surface area contributed by atoms with E-state index in [0.29, 0.717) is 10.6 Å². The van der Waals surface area contributed by atoms with Gasteiger partial charge in [-0.3, -0.25) is 4.79 Å². The van der Waals surface area contributed by atoms with Crippen molar-refractivity contribution >= 4 is 22.2 Å². The van der Waals surface area contributed by atoms with Gasteiger partial charge in [0.05, 0.1) is 5.56 Å². The molecule has 0 aliphatic rings. The predicted molar refractivity (Wildman–Crippen MR) is 79.5 cm³/mol. The number of nitrogens with one attached hydrogen (secondary N) is 1. The Kier molecular flexibility index (Phi) is 4.73. The SMILES string of the molecule is Cc1sc(NC(=O)c2cccc(OC(F)F)c2)c(C#N)c1C. The highest BCUT2D eigenvalue weighted by atomic mass is 32.1. The summed E-state index contributed by atoms with van der Waals surface area (Å²) in [6.45, 7) is 0.705. The Balaban J connectivity index is 2.23. The van der Waals surface area contributed by atoms with Crippen molar-refractivity contribution < 1.29 is 18.3 Å². The molecule has 0 saturated heterocycles. The first-order valence-electron chi connectivity index (χ1n) is 6.28. The van der Waals surface area contributed by atoms with Crippen LogP contribution in [0.1, 0.15) is 26.4 Å². The first-order valence-corrected chi connectivity index (χ1v) is 7.10. The molecule has 2 rings (SSSR count). The number of anilines is 1. The maximum Gasteiger partial charge on any atom is 0.387 e. The minimum Gasteiger partial charge on any atom is -0.435 e. The first kappa shape index (κ1) is 15.9.